The molecule has 0 aliphatic rings. The Morgan fingerprint density at radius 2 is 2.10 bits per heavy atom. The molecule has 1 rings (SSSR count). The van der Waals surface area contributed by atoms with E-state index >= 15 is 0 Å². The summed E-state index contributed by atoms with van der Waals surface area (Å²) in [4.78, 5) is 18.9. The third-order valence-electron chi connectivity index (χ3n) is 3.32. The van der Waals surface area contributed by atoms with E-state index in [1.165, 1.54) is 0 Å². The Morgan fingerprint density at radius 1 is 1.38 bits per heavy atom. The van der Waals surface area contributed by atoms with Crippen molar-refractivity contribution in [1.29, 1.82) is 0 Å². The average molecular weight is 293 g/mol. The molecular formula is C16H27N3O2. The molecule has 0 saturated carbocycles. The molecule has 1 atom stereocenters. The van der Waals surface area contributed by atoms with Gasteiger partial charge in [0, 0.05) is 25.7 Å². The molecule has 5 heteroatoms. The number of amides is 1. The van der Waals surface area contributed by atoms with Crippen LogP contribution in [0.5, 0.6) is 0 Å². The van der Waals surface area contributed by atoms with Gasteiger partial charge in [0.2, 0.25) is 0 Å². The van der Waals surface area contributed by atoms with Crippen molar-refractivity contribution < 1.29 is 9.53 Å². The van der Waals surface area contributed by atoms with Crippen molar-refractivity contribution in [3.05, 3.63) is 23.9 Å². The summed E-state index contributed by atoms with van der Waals surface area (Å²) < 4.78 is 5.10. The lowest BCUT2D eigenvalue weighted by atomic mass is 10.2. The Kier molecular flexibility index (Phi) is 7.15. The van der Waals surface area contributed by atoms with Crippen LogP contribution in [0.3, 0.4) is 0 Å². The van der Waals surface area contributed by atoms with Crippen LogP contribution < -0.4 is 5.32 Å². The third kappa shape index (κ3) is 5.34. The normalized spacial score (nSPS) is 12.3. The highest BCUT2D eigenvalue weighted by Gasteiger charge is 2.21. The first-order valence-corrected chi connectivity index (χ1v) is 7.53. The fourth-order valence-corrected chi connectivity index (χ4v) is 2.01. The second-order valence-corrected chi connectivity index (χ2v) is 5.46. The number of nitrogens with zero attached hydrogens (tertiary/aromatic N) is 2. The molecule has 0 radical (unpaired) electrons. The number of ether oxygens (including phenoxy) is 1. The maximum absolute atomic E-state index is 12.7. The first-order valence-electron chi connectivity index (χ1n) is 7.53. The summed E-state index contributed by atoms with van der Waals surface area (Å²) in [7, 11) is 1.64. The van der Waals surface area contributed by atoms with Gasteiger partial charge in [-0.05, 0) is 39.3 Å². The van der Waals surface area contributed by atoms with E-state index in [1.807, 2.05) is 37.8 Å². The fourth-order valence-electron chi connectivity index (χ4n) is 2.01. The zero-order valence-electron chi connectivity index (χ0n) is 13.7. The van der Waals surface area contributed by atoms with Gasteiger partial charge in [0.25, 0.3) is 5.91 Å². The number of nitrogens with one attached hydrogen (secondary N) is 1. The molecule has 1 aromatic rings. The predicted octanol–water partition coefficient (Wildman–Crippen LogP) is 2.79. The molecule has 118 valence electrons. The molecule has 0 aromatic carbocycles. The largest absolute Gasteiger partial charge is 0.383 e. The van der Waals surface area contributed by atoms with Crippen molar-refractivity contribution in [2.75, 3.05) is 25.6 Å². The van der Waals surface area contributed by atoms with Crippen LogP contribution in [0.25, 0.3) is 0 Å². The minimum Gasteiger partial charge on any atom is -0.383 e. The highest BCUT2D eigenvalue weighted by molar-refractivity contribution is 5.92. The molecular weight excluding hydrogens is 266 g/mol. The first-order chi connectivity index (χ1) is 9.99. The fraction of sp³-hybridized carbons (Fsp3) is 0.625. The van der Waals surface area contributed by atoms with Crippen LogP contribution in [0.4, 0.5) is 5.82 Å². The van der Waals surface area contributed by atoms with E-state index in [4.69, 9.17) is 4.74 Å². The van der Waals surface area contributed by atoms with Crippen LogP contribution in [-0.2, 0) is 4.74 Å². The van der Waals surface area contributed by atoms with Gasteiger partial charge in [-0.15, -0.1) is 0 Å². The Labute approximate surface area is 127 Å². The summed E-state index contributed by atoms with van der Waals surface area (Å²) in [6.07, 6.45) is 0.902. The Morgan fingerprint density at radius 3 is 2.67 bits per heavy atom. The number of hydrogen-bond acceptors (Lipinski definition) is 4. The maximum Gasteiger partial charge on any atom is 0.272 e. The van der Waals surface area contributed by atoms with E-state index in [1.54, 1.807) is 13.2 Å². The minimum atomic E-state index is -0.0474. The highest BCUT2D eigenvalue weighted by Crippen LogP contribution is 2.12. The second-order valence-electron chi connectivity index (χ2n) is 5.46. The van der Waals surface area contributed by atoms with Crippen LogP contribution in [0.1, 0.15) is 44.6 Å². The third-order valence-corrected chi connectivity index (χ3v) is 3.32. The van der Waals surface area contributed by atoms with Crippen LogP contribution in [-0.4, -0.2) is 48.1 Å². The number of anilines is 1. The molecule has 1 heterocycles. The van der Waals surface area contributed by atoms with Crippen molar-refractivity contribution in [3.63, 3.8) is 0 Å². The number of pyridine rings is 1. The number of carbonyl (C=O) groups is 1. The van der Waals surface area contributed by atoms with E-state index in [2.05, 4.69) is 17.2 Å². The van der Waals surface area contributed by atoms with Crippen LogP contribution in [0, 0.1) is 0 Å². The van der Waals surface area contributed by atoms with Crippen molar-refractivity contribution in [2.24, 2.45) is 0 Å². The van der Waals surface area contributed by atoms with Gasteiger partial charge in [-0.3, -0.25) is 4.79 Å². The summed E-state index contributed by atoms with van der Waals surface area (Å²) in [6, 6.07) is 5.93. The quantitative estimate of drug-likeness (QED) is 0.801. The molecule has 1 N–H and O–H groups in total. The predicted molar refractivity (Wildman–Crippen MR) is 85.7 cm³/mol. The van der Waals surface area contributed by atoms with Crippen molar-refractivity contribution >= 4 is 11.7 Å². The van der Waals surface area contributed by atoms with Gasteiger partial charge in [0.1, 0.15) is 11.5 Å². The van der Waals surface area contributed by atoms with Gasteiger partial charge in [0.15, 0.2) is 0 Å². The smallest absolute Gasteiger partial charge is 0.272 e. The molecule has 0 spiro atoms. The standard InChI is InChI=1S/C16H27N3O2/c1-6-13(4)19(10-11-21-5)16(20)14-8-7-9-15(18-14)17-12(2)3/h7-9,12-13H,6,10-11H2,1-5H3,(H,17,18). The summed E-state index contributed by atoms with van der Waals surface area (Å²) >= 11 is 0. The van der Waals surface area contributed by atoms with E-state index in [9.17, 15) is 4.79 Å². The lowest BCUT2D eigenvalue weighted by molar-refractivity contribution is 0.0608. The Balaban J connectivity index is 2.91. The average Bonchev–Trinajstić information content (AvgIpc) is 2.46. The molecule has 0 fully saturated rings. The molecule has 0 aliphatic heterocycles. The first kappa shape index (κ1) is 17.4. The summed E-state index contributed by atoms with van der Waals surface area (Å²) in [5.74, 6) is 0.681. The molecule has 1 amide bonds. The number of hydrogen-bond donors (Lipinski definition) is 1. The number of rotatable bonds is 8. The van der Waals surface area contributed by atoms with Crippen molar-refractivity contribution in [3.8, 4) is 0 Å². The minimum absolute atomic E-state index is 0.0474. The van der Waals surface area contributed by atoms with E-state index < -0.39 is 0 Å². The van der Waals surface area contributed by atoms with E-state index in [0.29, 0.717) is 18.8 Å². The van der Waals surface area contributed by atoms with Crippen molar-refractivity contribution in [1.82, 2.24) is 9.88 Å². The molecule has 21 heavy (non-hydrogen) atoms. The van der Waals surface area contributed by atoms with Gasteiger partial charge in [-0.1, -0.05) is 13.0 Å². The lowest BCUT2D eigenvalue weighted by Crippen LogP contribution is -2.41. The summed E-state index contributed by atoms with van der Waals surface area (Å²) in [6.45, 7) is 9.31. The number of carbonyl (C=O) groups excluding carboxylic acids is 1. The van der Waals surface area contributed by atoms with Gasteiger partial charge in [-0.2, -0.15) is 0 Å². The lowest BCUT2D eigenvalue weighted by Gasteiger charge is -2.28. The number of methoxy groups -OCH3 is 1. The summed E-state index contributed by atoms with van der Waals surface area (Å²) in [5.41, 5.74) is 0.469. The van der Waals surface area contributed by atoms with Crippen LogP contribution in [0.15, 0.2) is 18.2 Å². The van der Waals surface area contributed by atoms with Gasteiger partial charge in [0.05, 0.1) is 6.61 Å². The van der Waals surface area contributed by atoms with E-state index in [0.717, 1.165) is 12.2 Å². The zero-order valence-corrected chi connectivity index (χ0v) is 13.7. The Bertz CT molecular complexity index is 449. The van der Waals surface area contributed by atoms with Gasteiger partial charge < -0.3 is 15.0 Å². The van der Waals surface area contributed by atoms with Crippen LogP contribution >= 0.6 is 0 Å². The molecule has 1 unspecified atom stereocenters. The SMILES string of the molecule is CCC(C)N(CCOC)C(=O)c1cccc(NC(C)C)n1. The highest BCUT2D eigenvalue weighted by atomic mass is 16.5. The Hall–Kier alpha value is -1.62. The van der Waals surface area contributed by atoms with Crippen LogP contribution in [0.2, 0.25) is 0 Å². The molecule has 0 aliphatic carbocycles. The molecule has 5 nitrogen and oxygen atoms in total. The monoisotopic (exact) mass is 293 g/mol. The number of aromatic nitrogens is 1. The van der Waals surface area contributed by atoms with Gasteiger partial charge >= 0.3 is 0 Å². The molecule has 0 saturated heterocycles. The maximum atomic E-state index is 12.7. The van der Waals surface area contributed by atoms with Crippen molar-refractivity contribution in [2.45, 2.75) is 46.2 Å². The van der Waals surface area contributed by atoms with Gasteiger partial charge in [-0.25, -0.2) is 4.98 Å². The summed E-state index contributed by atoms with van der Waals surface area (Å²) in [5, 5.41) is 3.22. The van der Waals surface area contributed by atoms with E-state index in [-0.39, 0.29) is 18.0 Å². The molecule has 0 bridgehead atoms. The second kappa shape index (κ2) is 8.62. The topological polar surface area (TPSA) is 54.5 Å². The zero-order chi connectivity index (χ0) is 15.8. The molecule has 1 aromatic heterocycles.